The monoisotopic (exact) mass is 482 g/mol. The van der Waals surface area contributed by atoms with E-state index in [9.17, 15) is 19.5 Å². The number of hydrogen-bond donors (Lipinski definition) is 1. The summed E-state index contributed by atoms with van der Waals surface area (Å²) in [4.78, 5) is 40.2. The predicted molar refractivity (Wildman–Crippen MR) is 125 cm³/mol. The Morgan fingerprint density at radius 1 is 1.06 bits per heavy atom. The van der Waals surface area contributed by atoms with Gasteiger partial charge in [-0.15, -0.1) is 0 Å². The van der Waals surface area contributed by atoms with Gasteiger partial charge in [-0.05, 0) is 62.1 Å². The fourth-order valence-corrected chi connectivity index (χ4v) is 5.57. The maximum atomic E-state index is 12.8. The first-order valence-electron chi connectivity index (χ1n) is 11.6. The number of piperidine rings is 1. The molecule has 0 spiro atoms. The molecule has 1 N–H and O–H groups in total. The number of amides is 2. The summed E-state index contributed by atoms with van der Waals surface area (Å²) in [6, 6.07) is 5.50. The molecule has 0 aromatic heterocycles. The Balaban J connectivity index is 1.49. The Kier molecular flexibility index (Phi) is 9.23. The van der Waals surface area contributed by atoms with E-state index >= 15 is 0 Å². The van der Waals surface area contributed by atoms with Crippen LogP contribution >= 0.6 is 23.2 Å². The number of carbonyl (C=O) groups excluding carboxylic acids is 2. The largest absolute Gasteiger partial charge is 0.480 e. The van der Waals surface area contributed by atoms with Gasteiger partial charge in [0.15, 0.2) is 0 Å². The van der Waals surface area contributed by atoms with Crippen molar-refractivity contribution >= 4 is 41.0 Å². The molecule has 1 heterocycles. The third-order valence-electron chi connectivity index (χ3n) is 6.69. The number of carbonyl (C=O) groups is 3. The minimum absolute atomic E-state index is 0.132. The number of hydrogen-bond acceptors (Lipinski definition) is 3. The highest BCUT2D eigenvalue weighted by Gasteiger charge is 2.35. The van der Waals surface area contributed by atoms with Crippen LogP contribution in [-0.2, 0) is 20.8 Å². The van der Waals surface area contributed by atoms with Gasteiger partial charge in [0.2, 0.25) is 11.8 Å². The second-order valence-corrected chi connectivity index (χ2v) is 9.73. The first-order chi connectivity index (χ1) is 15.3. The lowest BCUT2D eigenvalue weighted by molar-refractivity contribution is -0.144. The van der Waals surface area contributed by atoms with Crippen molar-refractivity contribution in [2.45, 2.75) is 70.3 Å². The molecule has 1 aromatic rings. The molecule has 8 heteroatoms. The van der Waals surface area contributed by atoms with Crippen LogP contribution < -0.4 is 0 Å². The van der Waals surface area contributed by atoms with Gasteiger partial charge in [0.05, 0.1) is 0 Å². The van der Waals surface area contributed by atoms with E-state index in [0.29, 0.717) is 41.3 Å². The molecule has 2 fully saturated rings. The quantitative estimate of drug-likeness (QED) is 0.548. The molecule has 2 unspecified atom stereocenters. The molecule has 2 atom stereocenters. The van der Waals surface area contributed by atoms with Gasteiger partial charge in [-0.2, -0.15) is 0 Å². The van der Waals surface area contributed by atoms with Gasteiger partial charge in [-0.3, -0.25) is 14.4 Å². The molecule has 32 heavy (non-hydrogen) atoms. The maximum Gasteiger partial charge on any atom is 0.323 e. The molecule has 0 bridgehead atoms. The average Bonchev–Trinajstić information content (AvgIpc) is 2.76. The lowest BCUT2D eigenvalue weighted by Gasteiger charge is -2.44. The number of rotatable bonds is 9. The zero-order chi connectivity index (χ0) is 23.1. The molecule has 1 aliphatic heterocycles. The van der Waals surface area contributed by atoms with Gasteiger partial charge in [0, 0.05) is 42.0 Å². The fourth-order valence-electron chi connectivity index (χ4n) is 5.06. The van der Waals surface area contributed by atoms with Gasteiger partial charge >= 0.3 is 5.97 Å². The van der Waals surface area contributed by atoms with Crippen molar-refractivity contribution in [3.8, 4) is 0 Å². The summed E-state index contributed by atoms with van der Waals surface area (Å²) >= 11 is 12.1. The van der Waals surface area contributed by atoms with Gasteiger partial charge in [0.1, 0.15) is 6.54 Å². The standard InChI is InChI=1S/C24H32Cl2N2O4/c25-19-11-10-17(20(26)15-19)12-14-27(16-24(31)32)22(29)8-3-9-23(30)28-13-4-6-18-5-1-2-7-21(18)28/h10-11,15,18,21H,1-9,12-14,16H2,(H,31,32). The normalized spacial score (nSPS) is 20.5. The van der Waals surface area contributed by atoms with E-state index in [4.69, 9.17) is 23.2 Å². The zero-order valence-electron chi connectivity index (χ0n) is 18.4. The molecule has 1 aromatic carbocycles. The molecule has 2 aliphatic rings. The number of nitrogens with zero attached hydrogens (tertiary/aromatic N) is 2. The highest BCUT2D eigenvalue weighted by atomic mass is 35.5. The minimum atomic E-state index is -1.06. The van der Waals surface area contributed by atoms with Crippen LogP contribution in [0.1, 0.15) is 63.4 Å². The molecule has 0 radical (unpaired) electrons. The molecule has 1 aliphatic carbocycles. The molecule has 6 nitrogen and oxygen atoms in total. The number of likely N-dealkylation sites (tertiary alicyclic amines) is 1. The van der Waals surface area contributed by atoms with Gasteiger partial charge < -0.3 is 14.9 Å². The highest BCUT2D eigenvalue weighted by Crippen LogP contribution is 2.35. The van der Waals surface area contributed by atoms with Crippen molar-refractivity contribution in [2.75, 3.05) is 19.6 Å². The van der Waals surface area contributed by atoms with E-state index in [1.54, 1.807) is 18.2 Å². The Labute approximate surface area is 199 Å². The summed E-state index contributed by atoms with van der Waals surface area (Å²) in [5.74, 6) is -0.547. The Hall–Kier alpha value is -1.79. The third-order valence-corrected chi connectivity index (χ3v) is 7.28. The number of fused-ring (bicyclic) bond motifs is 1. The molecule has 176 valence electrons. The second-order valence-electron chi connectivity index (χ2n) is 8.89. The molecule has 3 rings (SSSR count). The van der Waals surface area contributed by atoms with E-state index in [1.807, 2.05) is 0 Å². The van der Waals surface area contributed by atoms with Gasteiger partial charge in [0.25, 0.3) is 0 Å². The van der Waals surface area contributed by atoms with E-state index in [1.165, 1.54) is 30.6 Å². The Morgan fingerprint density at radius 3 is 2.56 bits per heavy atom. The number of benzene rings is 1. The Bertz CT molecular complexity index is 830. The first-order valence-corrected chi connectivity index (χ1v) is 12.3. The van der Waals surface area contributed by atoms with Crippen LogP contribution in [0.4, 0.5) is 0 Å². The number of carboxylic acids is 1. The predicted octanol–water partition coefficient (Wildman–Crippen LogP) is 4.80. The third kappa shape index (κ3) is 6.85. The number of carboxylic acid groups (broad SMARTS) is 1. The zero-order valence-corrected chi connectivity index (χ0v) is 19.9. The van der Waals surface area contributed by atoms with E-state index in [2.05, 4.69) is 4.90 Å². The molecule has 1 saturated carbocycles. The minimum Gasteiger partial charge on any atom is -0.480 e. The van der Waals surface area contributed by atoms with Gasteiger partial charge in [-0.1, -0.05) is 42.1 Å². The summed E-state index contributed by atoms with van der Waals surface area (Å²) in [6.45, 7) is 0.700. The molecule has 2 amide bonds. The van der Waals surface area contributed by atoms with E-state index < -0.39 is 5.97 Å². The van der Waals surface area contributed by atoms with Crippen molar-refractivity contribution in [1.82, 2.24) is 9.80 Å². The van der Waals surface area contributed by atoms with Crippen LogP contribution in [0.15, 0.2) is 18.2 Å². The number of aliphatic carboxylic acids is 1. The molecular formula is C24H32Cl2N2O4. The van der Waals surface area contributed by atoms with E-state index in [0.717, 1.165) is 24.9 Å². The summed E-state index contributed by atoms with van der Waals surface area (Å²) in [6.07, 6.45) is 8.40. The number of halogens is 2. The van der Waals surface area contributed by atoms with Gasteiger partial charge in [-0.25, -0.2) is 0 Å². The average molecular weight is 483 g/mol. The van der Waals surface area contributed by atoms with Crippen molar-refractivity contribution in [2.24, 2.45) is 5.92 Å². The summed E-state index contributed by atoms with van der Waals surface area (Å²) < 4.78 is 0. The van der Waals surface area contributed by atoms with Crippen LogP contribution in [-0.4, -0.2) is 58.4 Å². The van der Waals surface area contributed by atoms with Crippen molar-refractivity contribution in [3.63, 3.8) is 0 Å². The second kappa shape index (κ2) is 11.9. The summed E-state index contributed by atoms with van der Waals surface area (Å²) in [7, 11) is 0. The van der Waals surface area contributed by atoms with Crippen molar-refractivity contribution in [1.29, 1.82) is 0 Å². The van der Waals surface area contributed by atoms with Crippen LogP contribution in [0, 0.1) is 5.92 Å². The lowest BCUT2D eigenvalue weighted by Crippen LogP contribution is -2.49. The summed E-state index contributed by atoms with van der Waals surface area (Å²) in [5, 5.41) is 10.2. The van der Waals surface area contributed by atoms with Crippen LogP contribution in [0.25, 0.3) is 0 Å². The summed E-state index contributed by atoms with van der Waals surface area (Å²) in [5.41, 5.74) is 0.807. The topological polar surface area (TPSA) is 77.9 Å². The molecular weight excluding hydrogens is 451 g/mol. The highest BCUT2D eigenvalue weighted by molar-refractivity contribution is 6.35. The molecule has 1 saturated heterocycles. The van der Waals surface area contributed by atoms with Crippen molar-refractivity contribution < 1.29 is 19.5 Å². The smallest absolute Gasteiger partial charge is 0.323 e. The van der Waals surface area contributed by atoms with Crippen LogP contribution in [0.3, 0.4) is 0 Å². The lowest BCUT2D eigenvalue weighted by atomic mass is 9.78. The van der Waals surface area contributed by atoms with Crippen LogP contribution in [0.2, 0.25) is 10.0 Å². The SMILES string of the molecule is O=C(O)CN(CCc1ccc(Cl)cc1Cl)C(=O)CCCC(=O)N1CCCC2CCCCC21. The van der Waals surface area contributed by atoms with Crippen molar-refractivity contribution in [3.05, 3.63) is 33.8 Å². The first kappa shape index (κ1) is 24.8. The Morgan fingerprint density at radius 2 is 1.81 bits per heavy atom. The fraction of sp³-hybridized carbons (Fsp3) is 0.625. The van der Waals surface area contributed by atoms with E-state index in [-0.39, 0.29) is 31.3 Å². The maximum absolute atomic E-state index is 12.8. The van der Waals surface area contributed by atoms with Crippen LogP contribution in [0.5, 0.6) is 0 Å².